The van der Waals surface area contributed by atoms with Crippen molar-refractivity contribution >= 4 is 11.6 Å². The average Bonchev–Trinajstić information content (AvgIpc) is 3.47. The van der Waals surface area contributed by atoms with Gasteiger partial charge in [0.15, 0.2) is 6.29 Å². The van der Waals surface area contributed by atoms with Crippen LogP contribution in [0.25, 0.3) is 0 Å². The highest BCUT2D eigenvalue weighted by atomic mass is 19.1. The number of halogens is 2. The molecule has 3 N–H and O–H groups in total. The lowest BCUT2D eigenvalue weighted by atomic mass is 9.77. The number of benzene rings is 3. The van der Waals surface area contributed by atoms with Crippen LogP contribution in [0, 0.1) is 23.5 Å². The van der Waals surface area contributed by atoms with E-state index in [1.165, 1.54) is 35.5 Å². The fourth-order valence-corrected chi connectivity index (χ4v) is 5.01. The second-order valence-electron chi connectivity index (χ2n) is 10.3. The molecule has 1 aliphatic heterocycles. The molecule has 2 atom stereocenters. The van der Waals surface area contributed by atoms with Crippen LogP contribution in [0.4, 0.5) is 14.5 Å². The second kappa shape index (κ2) is 12.1. The van der Waals surface area contributed by atoms with Crippen LogP contribution in [-0.2, 0) is 21.6 Å². The highest BCUT2D eigenvalue weighted by Crippen LogP contribution is 2.38. The van der Waals surface area contributed by atoms with Crippen molar-refractivity contribution in [2.75, 3.05) is 18.5 Å². The van der Waals surface area contributed by atoms with Gasteiger partial charge in [-0.15, -0.1) is 0 Å². The van der Waals surface area contributed by atoms with Crippen molar-refractivity contribution in [3.8, 4) is 5.75 Å². The zero-order valence-corrected chi connectivity index (χ0v) is 22.3. The summed E-state index contributed by atoms with van der Waals surface area (Å²) in [5, 5.41) is 28.0. The molecule has 1 aliphatic rings. The summed E-state index contributed by atoms with van der Waals surface area (Å²) in [5.41, 5.74) is 0.0370. The van der Waals surface area contributed by atoms with Crippen LogP contribution in [0.15, 0.2) is 79.4 Å². The topological polar surface area (TPSA) is 119 Å². The van der Waals surface area contributed by atoms with Gasteiger partial charge in [0, 0.05) is 34.4 Å². The molecule has 0 aliphatic carbocycles. The third-order valence-electron chi connectivity index (χ3n) is 7.31. The smallest absolute Gasteiger partial charge is 0.255 e. The van der Waals surface area contributed by atoms with Crippen LogP contribution in [0.5, 0.6) is 5.75 Å². The molecule has 3 aromatic carbocycles. The quantitative estimate of drug-likeness (QED) is 0.250. The molecule has 1 saturated heterocycles. The Morgan fingerprint density at radius 2 is 1.80 bits per heavy atom. The van der Waals surface area contributed by atoms with Crippen LogP contribution in [0.3, 0.4) is 0 Å². The van der Waals surface area contributed by atoms with Crippen LogP contribution < -0.4 is 5.32 Å². The number of nitrogens with one attached hydrogen (secondary N) is 1. The Bertz CT molecular complexity index is 1460. The third-order valence-corrected chi connectivity index (χ3v) is 7.31. The molecule has 5 rings (SSSR count). The number of aromatic hydroxyl groups is 1. The number of hydrogen-bond acceptors (Lipinski definition) is 7. The lowest BCUT2D eigenvalue weighted by molar-refractivity contribution is -0.210. The number of rotatable bonds is 9. The van der Waals surface area contributed by atoms with Gasteiger partial charge in [0.1, 0.15) is 35.6 Å². The molecule has 9 nitrogen and oxygen atoms in total. The Morgan fingerprint density at radius 3 is 2.44 bits per heavy atom. The maximum Gasteiger partial charge on any atom is 0.255 e. The van der Waals surface area contributed by atoms with E-state index in [0.29, 0.717) is 30.9 Å². The number of amides is 1. The first-order valence-corrected chi connectivity index (χ1v) is 13.1. The SMILES string of the molecule is CC(CC1COC(c2ccc(C(=O)Nc3ccc(O)cc3)cc2)OC1)C(O)(Cn1cncn1)c1ccc(F)cc1F. The zero-order valence-electron chi connectivity index (χ0n) is 22.3. The van der Waals surface area contributed by atoms with Crippen molar-refractivity contribution in [3.63, 3.8) is 0 Å². The number of hydrogen-bond donors (Lipinski definition) is 3. The summed E-state index contributed by atoms with van der Waals surface area (Å²) in [6.45, 7) is 2.40. The average molecular weight is 565 g/mol. The van der Waals surface area contributed by atoms with Gasteiger partial charge in [0.25, 0.3) is 5.91 Å². The van der Waals surface area contributed by atoms with Gasteiger partial charge >= 0.3 is 0 Å². The largest absolute Gasteiger partial charge is 0.508 e. The number of anilines is 1. The number of ether oxygens (including phenoxy) is 2. The maximum atomic E-state index is 14.8. The molecule has 41 heavy (non-hydrogen) atoms. The van der Waals surface area contributed by atoms with Gasteiger partial charge in [-0.1, -0.05) is 25.1 Å². The highest BCUT2D eigenvalue weighted by Gasteiger charge is 2.40. The maximum absolute atomic E-state index is 14.8. The van der Waals surface area contributed by atoms with Crippen molar-refractivity contribution in [1.82, 2.24) is 14.8 Å². The lowest BCUT2D eigenvalue weighted by Gasteiger charge is -2.38. The van der Waals surface area contributed by atoms with E-state index in [2.05, 4.69) is 15.4 Å². The van der Waals surface area contributed by atoms with E-state index in [9.17, 15) is 23.8 Å². The zero-order chi connectivity index (χ0) is 29.0. The Hall–Kier alpha value is -4.19. The summed E-state index contributed by atoms with van der Waals surface area (Å²) in [6, 6.07) is 16.2. The molecule has 4 aromatic rings. The van der Waals surface area contributed by atoms with E-state index in [1.54, 1.807) is 43.3 Å². The van der Waals surface area contributed by atoms with Crippen LogP contribution in [-0.4, -0.2) is 44.1 Å². The molecule has 2 unspecified atom stereocenters. The summed E-state index contributed by atoms with van der Waals surface area (Å²) < 4.78 is 41.8. The predicted molar refractivity (Wildman–Crippen MR) is 145 cm³/mol. The van der Waals surface area contributed by atoms with Crippen molar-refractivity contribution in [2.45, 2.75) is 31.8 Å². The summed E-state index contributed by atoms with van der Waals surface area (Å²) in [4.78, 5) is 16.4. The molecule has 0 saturated carbocycles. The number of aromatic nitrogens is 3. The van der Waals surface area contributed by atoms with Gasteiger partial charge in [-0.25, -0.2) is 18.4 Å². The van der Waals surface area contributed by atoms with E-state index in [-0.39, 0.29) is 29.7 Å². The number of phenolic OH excluding ortho intramolecular Hbond substituents is 1. The minimum Gasteiger partial charge on any atom is -0.508 e. The summed E-state index contributed by atoms with van der Waals surface area (Å²) >= 11 is 0. The Balaban J connectivity index is 1.20. The first-order chi connectivity index (χ1) is 19.7. The van der Waals surface area contributed by atoms with Crippen molar-refractivity contribution in [1.29, 1.82) is 0 Å². The summed E-state index contributed by atoms with van der Waals surface area (Å²) in [5.74, 6) is -2.32. The fraction of sp³-hybridized carbons (Fsp3) is 0.300. The third kappa shape index (κ3) is 6.59. The fourth-order valence-electron chi connectivity index (χ4n) is 5.01. The Morgan fingerprint density at radius 1 is 1.10 bits per heavy atom. The number of phenols is 1. The first-order valence-electron chi connectivity index (χ1n) is 13.1. The molecular weight excluding hydrogens is 534 g/mol. The number of aliphatic hydroxyl groups is 1. The van der Waals surface area contributed by atoms with Crippen LogP contribution in [0.1, 0.15) is 41.1 Å². The standard InChI is InChI=1S/C30H30F2N4O5/c1-19(30(39,16-36-18-33-17-34-36)26-11-6-23(31)13-27(26)32)12-20-14-40-29(41-15-20)22-4-2-21(3-5-22)28(38)35-24-7-9-25(37)10-8-24/h2-11,13,17-20,29,37,39H,12,14-16H2,1H3,(H,35,38). The van der Waals surface area contributed by atoms with E-state index in [4.69, 9.17) is 9.47 Å². The molecule has 0 spiro atoms. The summed E-state index contributed by atoms with van der Waals surface area (Å²) in [7, 11) is 0. The molecule has 0 radical (unpaired) electrons. The molecule has 0 bridgehead atoms. The van der Waals surface area contributed by atoms with Gasteiger partial charge in [-0.05, 0) is 54.8 Å². The molecule has 1 aromatic heterocycles. The molecule has 1 amide bonds. The minimum atomic E-state index is -1.70. The normalized spacial score (nSPS) is 19.3. The Kier molecular flexibility index (Phi) is 8.39. The van der Waals surface area contributed by atoms with E-state index >= 15 is 0 Å². The van der Waals surface area contributed by atoms with Gasteiger partial charge in [-0.2, -0.15) is 5.10 Å². The van der Waals surface area contributed by atoms with Gasteiger partial charge in [-0.3, -0.25) is 4.79 Å². The monoisotopic (exact) mass is 564 g/mol. The van der Waals surface area contributed by atoms with Crippen LogP contribution in [0.2, 0.25) is 0 Å². The molecular formula is C30H30F2N4O5. The molecule has 1 fully saturated rings. The highest BCUT2D eigenvalue weighted by molar-refractivity contribution is 6.04. The lowest BCUT2D eigenvalue weighted by Crippen LogP contribution is -2.41. The van der Waals surface area contributed by atoms with E-state index in [1.807, 2.05) is 0 Å². The minimum absolute atomic E-state index is 0.0213. The van der Waals surface area contributed by atoms with Crippen molar-refractivity contribution in [3.05, 3.63) is 108 Å². The van der Waals surface area contributed by atoms with E-state index in [0.717, 1.165) is 17.7 Å². The number of carbonyl (C=O) groups excluding carboxylic acids is 1. The predicted octanol–water partition coefficient (Wildman–Crippen LogP) is 4.79. The van der Waals surface area contributed by atoms with Crippen LogP contribution >= 0.6 is 0 Å². The van der Waals surface area contributed by atoms with E-state index < -0.39 is 29.4 Å². The first kappa shape index (κ1) is 28.3. The van der Waals surface area contributed by atoms with Gasteiger partial charge in [0.05, 0.1) is 19.8 Å². The van der Waals surface area contributed by atoms with Crippen molar-refractivity contribution in [2.24, 2.45) is 11.8 Å². The van der Waals surface area contributed by atoms with Crippen molar-refractivity contribution < 1.29 is 33.3 Å². The molecule has 214 valence electrons. The number of carbonyl (C=O) groups is 1. The molecule has 2 heterocycles. The molecule has 11 heteroatoms. The van der Waals surface area contributed by atoms with Gasteiger partial charge in [0.2, 0.25) is 0 Å². The Labute approximate surface area is 235 Å². The summed E-state index contributed by atoms with van der Waals surface area (Å²) in [6.07, 6.45) is 2.56. The number of nitrogens with zero attached hydrogens (tertiary/aromatic N) is 3. The second-order valence-corrected chi connectivity index (χ2v) is 10.3. The van der Waals surface area contributed by atoms with Gasteiger partial charge < -0.3 is 25.0 Å².